The van der Waals surface area contributed by atoms with Crippen molar-refractivity contribution in [3.8, 4) is 5.75 Å². The Kier molecular flexibility index (Phi) is 4.47. The Morgan fingerprint density at radius 2 is 1.84 bits per heavy atom. The van der Waals surface area contributed by atoms with E-state index in [1.165, 1.54) is 5.57 Å². The second kappa shape index (κ2) is 6.59. The molecule has 1 aromatic heterocycles. The normalized spacial score (nSPS) is 41.7. The van der Waals surface area contributed by atoms with Gasteiger partial charge in [-0.05, 0) is 75.2 Å². The summed E-state index contributed by atoms with van der Waals surface area (Å²) in [7, 11) is 0. The highest BCUT2D eigenvalue weighted by Crippen LogP contribution is 2.68. The first kappa shape index (κ1) is 21.0. The lowest BCUT2D eigenvalue weighted by Crippen LogP contribution is -2.63. The van der Waals surface area contributed by atoms with Crippen molar-refractivity contribution in [1.29, 1.82) is 0 Å². The Hall–Kier alpha value is -1.84. The van der Waals surface area contributed by atoms with Gasteiger partial charge in [0.2, 0.25) is 0 Å². The molecule has 1 aliphatic heterocycles. The minimum atomic E-state index is -0.501. The van der Waals surface area contributed by atoms with E-state index >= 15 is 0 Å². The van der Waals surface area contributed by atoms with Crippen molar-refractivity contribution in [3.05, 3.63) is 39.0 Å². The van der Waals surface area contributed by atoms with Crippen LogP contribution in [0.1, 0.15) is 83.1 Å². The van der Waals surface area contributed by atoms with Crippen LogP contribution in [0.15, 0.2) is 20.9 Å². The maximum Gasteiger partial charge on any atom is 0.343 e. The molecule has 0 saturated heterocycles. The summed E-state index contributed by atoms with van der Waals surface area (Å²) in [4.78, 5) is 25.3. The van der Waals surface area contributed by atoms with Crippen LogP contribution in [0, 0.1) is 42.4 Å². The van der Waals surface area contributed by atoms with Crippen LogP contribution in [-0.2, 0) is 11.2 Å². The molecule has 1 aromatic rings. The van der Waals surface area contributed by atoms with Crippen LogP contribution in [0.3, 0.4) is 0 Å². The van der Waals surface area contributed by atoms with Gasteiger partial charge in [-0.15, -0.1) is 0 Å². The number of aryl methyl sites for hydroxylation is 1. The number of hydrogen-bond acceptors (Lipinski definition) is 4. The number of ketones is 1. The molecule has 168 valence electrons. The molecule has 3 aliphatic carbocycles. The van der Waals surface area contributed by atoms with E-state index in [0.29, 0.717) is 47.7 Å². The van der Waals surface area contributed by atoms with E-state index in [-0.39, 0.29) is 16.5 Å². The molecule has 4 heteroatoms. The van der Waals surface area contributed by atoms with Gasteiger partial charge >= 0.3 is 5.63 Å². The lowest BCUT2D eigenvalue weighted by molar-refractivity contribution is -0.154. The molecule has 5 rings (SSSR count). The zero-order chi connectivity index (χ0) is 22.3. The summed E-state index contributed by atoms with van der Waals surface area (Å²) in [6.07, 6.45) is 8.58. The van der Waals surface area contributed by atoms with Crippen molar-refractivity contribution in [2.75, 3.05) is 0 Å². The van der Waals surface area contributed by atoms with Crippen molar-refractivity contribution >= 4 is 5.78 Å². The molecule has 0 amide bonds. The first-order valence-corrected chi connectivity index (χ1v) is 12.0. The first-order valence-electron chi connectivity index (χ1n) is 12.0. The lowest BCUT2D eigenvalue weighted by atomic mass is 9.42. The Morgan fingerprint density at radius 3 is 2.58 bits per heavy atom. The van der Waals surface area contributed by atoms with E-state index in [1.807, 2.05) is 13.8 Å². The number of fused-ring (bicyclic) bond motifs is 5. The first-order chi connectivity index (χ1) is 14.5. The van der Waals surface area contributed by atoms with Crippen molar-refractivity contribution < 1.29 is 13.9 Å². The van der Waals surface area contributed by atoms with Crippen LogP contribution in [-0.4, -0.2) is 11.4 Å². The second-order valence-electron chi connectivity index (χ2n) is 11.4. The quantitative estimate of drug-likeness (QED) is 0.501. The fourth-order valence-electron chi connectivity index (χ4n) is 8.22. The van der Waals surface area contributed by atoms with Gasteiger partial charge < -0.3 is 9.15 Å². The number of carbonyl (C=O) groups excluding carboxylic acids is 1. The van der Waals surface area contributed by atoms with E-state index in [2.05, 4.69) is 33.8 Å². The fourth-order valence-corrected chi connectivity index (χ4v) is 8.22. The molecular formula is C27H36O4. The maximum absolute atomic E-state index is 12.8. The summed E-state index contributed by atoms with van der Waals surface area (Å²) in [6, 6.07) is 0. The standard InChI is InChI=1S/C27H36O4/c1-15-13-19(28)9-11-25(5)21(15)10-12-26(6)22(25)8-7-16(2)27(26)14-20-23(31-27)17(3)18(4)30-24(20)29/h7,15,21-22H,8-14H2,1-6H3/t15-,21-,22+,25-,26+,27-/m0/s1. The van der Waals surface area contributed by atoms with E-state index in [1.54, 1.807) is 0 Å². The molecule has 0 N–H and O–H groups in total. The largest absolute Gasteiger partial charge is 0.481 e. The van der Waals surface area contributed by atoms with Gasteiger partial charge in [0, 0.05) is 30.2 Å². The summed E-state index contributed by atoms with van der Waals surface area (Å²) in [6.45, 7) is 13.2. The monoisotopic (exact) mass is 424 g/mol. The summed E-state index contributed by atoms with van der Waals surface area (Å²) >= 11 is 0. The van der Waals surface area contributed by atoms with Gasteiger partial charge in [-0.3, -0.25) is 4.79 Å². The third-order valence-corrected chi connectivity index (χ3v) is 10.1. The Morgan fingerprint density at radius 1 is 1.10 bits per heavy atom. The maximum atomic E-state index is 12.8. The summed E-state index contributed by atoms with van der Waals surface area (Å²) in [5.41, 5.74) is 2.17. The summed E-state index contributed by atoms with van der Waals surface area (Å²) in [5.74, 6) is 3.26. The highest BCUT2D eigenvalue weighted by Gasteiger charge is 2.66. The van der Waals surface area contributed by atoms with Gasteiger partial charge in [-0.1, -0.05) is 26.8 Å². The molecule has 6 atom stereocenters. The molecule has 1 spiro atoms. The van der Waals surface area contributed by atoms with Gasteiger partial charge in [0.15, 0.2) is 0 Å². The molecule has 31 heavy (non-hydrogen) atoms. The van der Waals surface area contributed by atoms with Crippen LogP contribution in [0.4, 0.5) is 0 Å². The fraction of sp³-hybridized carbons (Fsp3) is 0.704. The van der Waals surface area contributed by atoms with Crippen LogP contribution in [0.2, 0.25) is 0 Å². The zero-order valence-electron chi connectivity index (χ0n) is 19.9. The number of allylic oxidation sites excluding steroid dienone is 1. The predicted octanol–water partition coefficient (Wildman–Crippen LogP) is 5.71. The third kappa shape index (κ3) is 2.60. The third-order valence-electron chi connectivity index (χ3n) is 10.1. The highest BCUT2D eigenvalue weighted by atomic mass is 16.5. The predicted molar refractivity (Wildman–Crippen MR) is 120 cm³/mol. The average molecular weight is 425 g/mol. The molecule has 4 aliphatic rings. The average Bonchev–Trinajstić information content (AvgIpc) is 3.08. The Bertz CT molecular complexity index is 1050. The summed E-state index contributed by atoms with van der Waals surface area (Å²) in [5, 5.41) is 0. The number of carbonyl (C=O) groups is 1. The van der Waals surface area contributed by atoms with Gasteiger partial charge in [-0.25, -0.2) is 4.79 Å². The minimum Gasteiger partial charge on any atom is -0.481 e. The van der Waals surface area contributed by atoms with Crippen LogP contribution in [0.5, 0.6) is 5.75 Å². The molecule has 4 nitrogen and oxygen atoms in total. The molecule has 0 aromatic carbocycles. The SMILES string of the molecule is CC1=CC[C@@H]2[C@@]3(C)CCC(=O)C[C@H](C)[C@@H]3CC[C@@]2(C)[C@]12Cc1c(c(C)c(C)oc1=O)O2. The Labute approximate surface area is 185 Å². The van der Waals surface area contributed by atoms with Crippen molar-refractivity contribution in [1.82, 2.24) is 0 Å². The van der Waals surface area contributed by atoms with Gasteiger partial charge in [0.25, 0.3) is 0 Å². The highest BCUT2D eigenvalue weighted by molar-refractivity contribution is 5.79. The van der Waals surface area contributed by atoms with Crippen molar-refractivity contribution in [3.63, 3.8) is 0 Å². The molecule has 0 bridgehead atoms. The summed E-state index contributed by atoms with van der Waals surface area (Å²) < 4.78 is 12.5. The zero-order valence-corrected chi connectivity index (χ0v) is 19.9. The van der Waals surface area contributed by atoms with Gasteiger partial charge in [0.1, 0.15) is 22.9 Å². The van der Waals surface area contributed by atoms with Crippen LogP contribution < -0.4 is 10.4 Å². The van der Waals surface area contributed by atoms with Gasteiger partial charge in [0.05, 0.1) is 5.56 Å². The molecule has 0 radical (unpaired) electrons. The van der Waals surface area contributed by atoms with E-state index < -0.39 is 5.60 Å². The molecule has 2 heterocycles. The van der Waals surface area contributed by atoms with E-state index in [0.717, 1.165) is 43.4 Å². The lowest BCUT2D eigenvalue weighted by Gasteiger charge is -2.64. The Balaban J connectivity index is 1.64. The molecule has 2 saturated carbocycles. The second-order valence-corrected chi connectivity index (χ2v) is 11.4. The minimum absolute atomic E-state index is 0.0873. The molecular weight excluding hydrogens is 388 g/mol. The van der Waals surface area contributed by atoms with Crippen molar-refractivity contribution in [2.45, 2.75) is 92.1 Å². The van der Waals surface area contributed by atoms with Gasteiger partial charge in [-0.2, -0.15) is 0 Å². The number of rotatable bonds is 0. The van der Waals surface area contributed by atoms with Crippen LogP contribution in [0.25, 0.3) is 0 Å². The number of ether oxygens (including phenoxy) is 1. The number of Topliss-reactive ketones (excluding diaryl/α,β-unsaturated/α-hetero) is 1. The van der Waals surface area contributed by atoms with E-state index in [9.17, 15) is 9.59 Å². The van der Waals surface area contributed by atoms with E-state index in [4.69, 9.17) is 9.15 Å². The van der Waals surface area contributed by atoms with Crippen LogP contribution >= 0.6 is 0 Å². The molecule has 2 fully saturated rings. The van der Waals surface area contributed by atoms with Crippen molar-refractivity contribution in [2.24, 2.45) is 28.6 Å². The topological polar surface area (TPSA) is 56.5 Å². The smallest absolute Gasteiger partial charge is 0.343 e. The number of hydrogen-bond donors (Lipinski definition) is 0. The molecule has 0 unspecified atom stereocenters.